The van der Waals surface area contributed by atoms with Crippen molar-refractivity contribution in [1.29, 1.82) is 0 Å². The van der Waals surface area contributed by atoms with Crippen molar-refractivity contribution in [3.63, 3.8) is 0 Å². The highest BCUT2D eigenvalue weighted by Crippen LogP contribution is 2.22. The Morgan fingerprint density at radius 1 is 1.22 bits per heavy atom. The summed E-state index contributed by atoms with van der Waals surface area (Å²) in [6.45, 7) is 3.41. The third-order valence-corrected chi connectivity index (χ3v) is 3.16. The molecule has 0 fully saturated rings. The number of fused-ring (bicyclic) bond motifs is 1. The van der Waals surface area contributed by atoms with Gasteiger partial charge in [0.25, 0.3) is 0 Å². The molecule has 0 saturated carbocycles. The number of nitrogens with one attached hydrogen (secondary N) is 1. The van der Waals surface area contributed by atoms with Crippen molar-refractivity contribution >= 4 is 0 Å². The van der Waals surface area contributed by atoms with E-state index in [2.05, 4.69) is 10.3 Å². The van der Waals surface area contributed by atoms with Gasteiger partial charge in [0.15, 0.2) is 0 Å². The highest BCUT2D eigenvalue weighted by molar-refractivity contribution is 5.39. The first-order valence-corrected chi connectivity index (χ1v) is 5.89. The second-order valence-electron chi connectivity index (χ2n) is 4.44. The lowest BCUT2D eigenvalue weighted by molar-refractivity contribution is 0.579. The molecule has 0 spiro atoms. The maximum Gasteiger partial charge on any atom is 0.128 e. The van der Waals surface area contributed by atoms with Gasteiger partial charge in [0, 0.05) is 31.3 Å². The number of rotatable bonds is 1. The molecule has 18 heavy (non-hydrogen) atoms. The molecule has 1 aliphatic rings. The van der Waals surface area contributed by atoms with Crippen molar-refractivity contribution in [2.24, 2.45) is 0 Å². The molecule has 0 atom stereocenters. The zero-order valence-electron chi connectivity index (χ0n) is 10.0. The molecule has 5 heteroatoms. The van der Waals surface area contributed by atoms with Crippen molar-refractivity contribution < 1.29 is 8.78 Å². The molecule has 1 aromatic heterocycles. The Balaban J connectivity index is 2.19. The molecule has 0 saturated heterocycles. The Kier molecular flexibility index (Phi) is 2.63. The predicted molar refractivity (Wildman–Crippen MR) is 63.6 cm³/mol. The van der Waals surface area contributed by atoms with Crippen LogP contribution in [0.2, 0.25) is 0 Å². The van der Waals surface area contributed by atoms with Gasteiger partial charge in [-0.05, 0) is 19.1 Å². The van der Waals surface area contributed by atoms with Crippen LogP contribution in [0, 0.1) is 18.6 Å². The fourth-order valence-corrected chi connectivity index (χ4v) is 2.46. The van der Waals surface area contributed by atoms with E-state index < -0.39 is 11.6 Å². The minimum absolute atomic E-state index is 0.501. The summed E-state index contributed by atoms with van der Waals surface area (Å²) in [6, 6.07) is 3.55. The van der Waals surface area contributed by atoms with Gasteiger partial charge in [-0.3, -0.25) is 0 Å². The van der Waals surface area contributed by atoms with E-state index in [4.69, 9.17) is 0 Å². The first-order valence-electron chi connectivity index (χ1n) is 5.89. The topological polar surface area (TPSA) is 29.9 Å². The largest absolute Gasteiger partial charge is 0.311 e. The molecule has 0 amide bonds. The minimum Gasteiger partial charge on any atom is -0.311 e. The summed E-state index contributed by atoms with van der Waals surface area (Å²) < 4.78 is 28.4. The Bertz CT molecular complexity index is 584. The second kappa shape index (κ2) is 4.17. The van der Waals surface area contributed by atoms with Gasteiger partial charge < -0.3 is 9.88 Å². The van der Waals surface area contributed by atoms with Crippen LogP contribution < -0.4 is 5.32 Å². The number of aryl methyl sites for hydroxylation is 1. The van der Waals surface area contributed by atoms with Gasteiger partial charge in [-0.2, -0.15) is 0 Å². The van der Waals surface area contributed by atoms with E-state index >= 15 is 0 Å². The smallest absolute Gasteiger partial charge is 0.128 e. The molecule has 1 aromatic carbocycles. The first kappa shape index (κ1) is 11.3. The van der Waals surface area contributed by atoms with E-state index in [9.17, 15) is 8.78 Å². The molecule has 3 nitrogen and oxygen atoms in total. The minimum atomic E-state index is -0.569. The van der Waals surface area contributed by atoms with Crippen molar-refractivity contribution in [2.75, 3.05) is 6.54 Å². The van der Waals surface area contributed by atoms with Crippen molar-refractivity contribution in [3.05, 3.63) is 47.0 Å². The SMILES string of the molecule is Cc1nc2c(n1-c1cc(F)cc(F)c1)CCNC2. The highest BCUT2D eigenvalue weighted by atomic mass is 19.1. The van der Waals surface area contributed by atoms with Gasteiger partial charge in [0.1, 0.15) is 17.5 Å². The molecule has 0 unspecified atom stereocenters. The van der Waals surface area contributed by atoms with Crippen molar-refractivity contribution in [3.8, 4) is 5.69 Å². The zero-order chi connectivity index (χ0) is 12.7. The van der Waals surface area contributed by atoms with E-state index in [-0.39, 0.29) is 0 Å². The van der Waals surface area contributed by atoms with Crippen LogP contribution in [-0.4, -0.2) is 16.1 Å². The van der Waals surface area contributed by atoms with Gasteiger partial charge in [-0.1, -0.05) is 0 Å². The number of benzene rings is 1. The summed E-state index contributed by atoms with van der Waals surface area (Å²) in [6.07, 6.45) is 0.814. The lowest BCUT2D eigenvalue weighted by Crippen LogP contribution is -2.24. The van der Waals surface area contributed by atoms with Gasteiger partial charge in [0.2, 0.25) is 0 Å². The fraction of sp³-hybridized carbons (Fsp3) is 0.308. The van der Waals surface area contributed by atoms with Crippen molar-refractivity contribution in [2.45, 2.75) is 19.9 Å². The first-order chi connectivity index (χ1) is 8.65. The van der Waals surface area contributed by atoms with Crippen LogP contribution in [0.4, 0.5) is 8.78 Å². The molecular formula is C13H13F2N3. The van der Waals surface area contributed by atoms with Crippen LogP contribution >= 0.6 is 0 Å². The van der Waals surface area contributed by atoms with Crippen LogP contribution in [0.25, 0.3) is 5.69 Å². The fourth-order valence-electron chi connectivity index (χ4n) is 2.46. The molecule has 2 aromatic rings. The number of nitrogens with zero attached hydrogens (tertiary/aromatic N) is 2. The summed E-state index contributed by atoms with van der Waals surface area (Å²) in [4.78, 5) is 4.44. The highest BCUT2D eigenvalue weighted by Gasteiger charge is 2.19. The van der Waals surface area contributed by atoms with Crippen LogP contribution in [0.15, 0.2) is 18.2 Å². The summed E-state index contributed by atoms with van der Waals surface area (Å²) in [7, 11) is 0. The average Bonchev–Trinajstić information content (AvgIpc) is 2.63. The molecule has 0 radical (unpaired) electrons. The van der Waals surface area contributed by atoms with Gasteiger partial charge >= 0.3 is 0 Å². The maximum absolute atomic E-state index is 13.3. The predicted octanol–water partition coefficient (Wildman–Crippen LogP) is 2.10. The second-order valence-corrected chi connectivity index (χ2v) is 4.44. The van der Waals surface area contributed by atoms with Gasteiger partial charge in [0.05, 0.1) is 11.4 Å². The zero-order valence-corrected chi connectivity index (χ0v) is 10.0. The lowest BCUT2D eigenvalue weighted by Gasteiger charge is -2.16. The molecule has 2 heterocycles. The third kappa shape index (κ3) is 1.80. The summed E-state index contributed by atoms with van der Waals surface area (Å²) in [5.74, 6) is -0.379. The van der Waals surface area contributed by atoms with Gasteiger partial charge in [-0.25, -0.2) is 13.8 Å². The quantitative estimate of drug-likeness (QED) is 0.838. The number of halogens is 2. The molecule has 3 rings (SSSR count). The van der Waals surface area contributed by atoms with Crippen LogP contribution in [0.3, 0.4) is 0 Å². The van der Waals surface area contributed by atoms with E-state index in [1.807, 2.05) is 11.5 Å². The molecular weight excluding hydrogens is 236 g/mol. The van der Waals surface area contributed by atoms with E-state index in [0.717, 1.165) is 36.2 Å². The molecule has 0 bridgehead atoms. The van der Waals surface area contributed by atoms with Gasteiger partial charge in [-0.15, -0.1) is 0 Å². The number of imidazole rings is 1. The number of aromatic nitrogens is 2. The standard InChI is InChI=1S/C13H13F2N3/c1-8-17-12-7-16-3-2-13(12)18(8)11-5-9(14)4-10(15)6-11/h4-6,16H,2-3,7H2,1H3. The Morgan fingerprint density at radius 2 is 1.94 bits per heavy atom. The van der Waals surface area contributed by atoms with Crippen LogP contribution in [0.5, 0.6) is 0 Å². The lowest BCUT2D eigenvalue weighted by atomic mass is 10.1. The molecule has 94 valence electrons. The summed E-state index contributed by atoms with van der Waals surface area (Å²) in [5.41, 5.74) is 2.50. The molecule has 1 aliphatic heterocycles. The molecule has 1 N–H and O–H groups in total. The number of hydrogen-bond donors (Lipinski definition) is 1. The Morgan fingerprint density at radius 3 is 2.67 bits per heavy atom. The third-order valence-electron chi connectivity index (χ3n) is 3.16. The number of hydrogen-bond acceptors (Lipinski definition) is 2. The van der Waals surface area contributed by atoms with E-state index in [1.165, 1.54) is 12.1 Å². The molecule has 0 aliphatic carbocycles. The summed E-state index contributed by atoms with van der Waals surface area (Å²) in [5, 5.41) is 3.23. The van der Waals surface area contributed by atoms with E-state index in [1.54, 1.807) is 0 Å². The monoisotopic (exact) mass is 249 g/mol. The Labute approximate surface area is 103 Å². The van der Waals surface area contributed by atoms with Crippen LogP contribution in [0.1, 0.15) is 17.2 Å². The summed E-state index contributed by atoms with van der Waals surface area (Å²) >= 11 is 0. The normalized spacial score (nSPS) is 14.6. The van der Waals surface area contributed by atoms with E-state index in [0.29, 0.717) is 12.2 Å². The Hall–Kier alpha value is -1.75. The maximum atomic E-state index is 13.3. The average molecular weight is 249 g/mol. The van der Waals surface area contributed by atoms with Crippen LogP contribution in [-0.2, 0) is 13.0 Å². The van der Waals surface area contributed by atoms with Crippen molar-refractivity contribution in [1.82, 2.24) is 14.9 Å².